The van der Waals surface area contributed by atoms with Crippen LogP contribution in [0.4, 0.5) is 11.4 Å². The fourth-order valence-electron chi connectivity index (χ4n) is 2.38. The number of rotatable bonds is 7. The highest BCUT2D eigenvalue weighted by Gasteiger charge is 2.11. The van der Waals surface area contributed by atoms with Crippen LogP contribution in [-0.4, -0.2) is 35.0 Å². The molecule has 0 aliphatic carbocycles. The van der Waals surface area contributed by atoms with Crippen molar-refractivity contribution in [2.45, 2.75) is 11.8 Å². The summed E-state index contributed by atoms with van der Waals surface area (Å²) in [6, 6.07) is 11.5. The number of carbonyl (C=O) groups excluding carboxylic acids is 1. The monoisotopic (exact) mass is 407 g/mol. The number of amides is 1. The predicted molar refractivity (Wildman–Crippen MR) is 111 cm³/mol. The van der Waals surface area contributed by atoms with E-state index in [9.17, 15) is 13.2 Å². The summed E-state index contributed by atoms with van der Waals surface area (Å²) >= 11 is 6.01. The summed E-state index contributed by atoms with van der Waals surface area (Å²) in [7, 11) is 0.259. The molecular weight excluding hydrogens is 386 g/mol. The van der Waals surface area contributed by atoms with Gasteiger partial charge in [0.1, 0.15) is 0 Å². The fraction of sp³-hybridized carbons (Fsp3) is 0.211. The third-order valence-electron chi connectivity index (χ3n) is 3.65. The van der Waals surface area contributed by atoms with Crippen LogP contribution in [0, 0.1) is 0 Å². The molecule has 0 spiro atoms. The third-order valence-corrected chi connectivity index (χ3v) is 5.45. The maximum absolute atomic E-state index is 12.2. The average molecular weight is 408 g/mol. The number of benzene rings is 2. The summed E-state index contributed by atoms with van der Waals surface area (Å²) in [5, 5.41) is 3.32. The summed E-state index contributed by atoms with van der Waals surface area (Å²) in [6.45, 7) is 2.04. The first-order chi connectivity index (χ1) is 12.7. The Labute approximate surface area is 164 Å². The smallest absolute Gasteiger partial charge is 0.248 e. The molecule has 2 aromatic carbocycles. The van der Waals surface area contributed by atoms with E-state index in [2.05, 4.69) is 10.0 Å². The summed E-state index contributed by atoms with van der Waals surface area (Å²) < 4.78 is 26.3. The number of nitrogens with zero attached hydrogens (tertiary/aromatic N) is 1. The van der Waals surface area contributed by atoms with Crippen molar-refractivity contribution in [2.75, 3.05) is 30.9 Å². The largest absolute Gasteiger partial charge is 0.376 e. The van der Waals surface area contributed by atoms with E-state index in [0.29, 0.717) is 22.8 Å². The molecule has 0 atom stereocenters. The predicted octanol–water partition coefficient (Wildman–Crippen LogP) is 3.36. The normalized spacial score (nSPS) is 11.6. The van der Waals surface area contributed by atoms with Crippen molar-refractivity contribution in [3.8, 4) is 0 Å². The SMILES string of the molecule is CCNS(=O)(=O)c1ccc(/C=C/C(=O)Nc2cc(Cl)ccc2N(C)C)cc1. The Hall–Kier alpha value is -2.35. The fourth-order valence-corrected chi connectivity index (χ4v) is 3.59. The summed E-state index contributed by atoms with van der Waals surface area (Å²) in [6.07, 6.45) is 2.99. The van der Waals surface area contributed by atoms with Crippen LogP contribution in [-0.2, 0) is 14.8 Å². The number of hydrogen-bond acceptors (Lipinski definition) is 4. The molecule has 0 unspecified atom stereocenters. The average Bonchev–Trinajstić information content (AvgIpc) is 2.60. The molecule has 0 fully saturated rings. The van der Waals surface area contributed by atoms with Crippen molar-refractivity contribution in [2.24, 2.45) is 0 Å². The molecule has 144 valence electrons. The van der Waals surface area contributed by atoms with Crippen LogP contribution in [0.3, 0.4) is 0 Å². The third kappa shape index (κ3) is 5.82. The Kier molecular flexibility index (Phi) is 7.01. The van der Waals surface area contributed by atoms with Crippen LogP contribution in [0.25, 0.3) is 6.08 Å². The molecule has 2 N–H and O–H groups in total. The quantitative estimate of drug-likeness (QED) is 0.690. The minimum Gasteiger partial charge on any atom is -0.376 e. The van der Waals surface area contributed by atoms with E-state index in [1.807, 2.05) is 25.1 Å². The molecule has 27 heavy (non-hydrogen) atoms. The van der Waals surface area contributed by atoms with Gasteiger partial charge in [0.15, 0.2) is 0 Å². The van der Waals surface area contributed by atoms with E-state index < -0.39 is 10.0 Å². The Bertz CT molecular complexity index is 939. The second-order valence-electron chi connectivity index (χ2n) is 5.95. The van der Waals surface area contributed by atoms with Gasteiger partial charge in [0.25, 0.3) is 0 Å². The number of anilines is 2. The molecule has 8 heteroatoms. The molecule has 2 aromatic rings. The van der Waals surface area contributed by atoms with Crippen LogP contribution < -0.4 is 14.9 Å². The molecule has 0 heterocycles. The van der Waals surface area contributed by atoms with Gasteiger partial charge in [0.2, 0.25) is 15.9 Å². The van der Waals surface area contributed by atoms with Gasteiger partial charge in [-0.3, -0.25) is 4.79 Å². The number of hydrogen-bond donors (Lipinski definition) is 2. The lowest BCUT2D eigenvalue weighted by Crippen LogP contribution is -2.22. The molecule has 6 nitrogen and oxygen atoms in total. The van der Waals surface area contributed by atoms with Gasteiger partial charge in [0.05, 0.1) is 16.3 Å². The van der Waals surface area contributed by atoms with Crippen molar-refractivity contribution in [1.29, 1.82) is 0 Å². The Morgan fingerprint density at radius 2 is 1.81 bits per heavy atom. The molecule has 0 aliphatic heterocycles. The van der Waals surface area contributed by atoms with E-state index in [4.69, 9.17) is 11.6 Å². The van der Waals surface area contributed by atoms with E-state index in [0.717, 1.165) is 5.69 Å². The van der Waals surface area contributed by atoms with Gasteiger partial charge in [-0.25, -0.2) is 13.1 Å². The van der Waals surface area contributed by atoms with Crippen molar-refractivity contribution >= 4 is 45.0 Å². The van der Waals surface area contributed by atoms with Crippen LogP contribution in [0.5, 0.6) is 0 Å². The highest BCUT2D eigenvalue weighted by atomic mass is 35.5. The zero-order valence-corrected chi connectivity index (χ0v) is 16.9. The minimum atomic E-state index is -3.49. The number of sulfonamides is 1. The number of nitrogens with one attached hydrogen (secondary N) is 2. The van der Waals surface area contributed by atoms with Crippen LogP contribution in [0.15, 0.2) is 53.4 Å². The van der Waals surface area contributed by atoms with Crippen molar-refractivity contribution < 1.29 is 13.2 Å². The van der Waals surface area contributed by atoms with Gasteiger partial charge in [-0.1, -0.05) is 30.7 Å². The Morgan fingerprint density at radius 3 is 2.41 bits per heavy atom. The molecule has 0 radical (unpaired) electrons. The molecule has 2 rings (SSSR count). The Morgan fingerprint density at radius 1 is 1.15 bits per heavy atom. The van der Waals surface area contributed by atoms with Gasteiger partial charge >= 0.3 is 0 Å². The highest BCUT2D eigenvalue weighted by Crippen LogP contribution is 2.27. The van der Waals surface area contributed by atoms with Crippen molar-refractivity contribution in [3.05, 3.63) is 59.1 Å². The highest BCUT2D eigenvalue weighted by molar-refractivity contribution is 7.89. The van der Waals surface area contributed by atoms with Gasteiger partial charge in [-0.2, -0.15) is 0 Å². The van der Waals surface area contributed by atoms with Crippen LogP contribution in [0.2, 0.25) is 5.02 Å². The lowest BCUT2D eigenvalue weighted by Gasteiger charge is -2.17. The summed E-state index contributed by atoms with van der Waals surface area (Å²) in [5.74, 6) is -0.315. The topological polar surface area (TPSA) is 78.5 Å². The maximum Gasteiger partial charge on any atom is 0.248 e. The first kappa shape index (κ1) is 21.0. The summed E-state index contributed by atoms with van der Waals surface area (Å²) in [5.41, 5.74) is 2.15. The summed E-state index contributed by atoms with van der Waals surface area (Å²) in [4.78, 5) is 14.3. The zero-order chi connectivity index (χ0) is 20.0. The standard InChI is InChI=1S/C19H22ClN3O3S/c1-4-21-27(25,26)16-9-5-14(6-10-16)7-12-19(24)22-17-13-15(20)8-11-18(17)23(2)3/h5-13,21H,4H2,1-3H3,(H,22,24)/b12-7+. The van der Waals surface area contributed by atoms with E-state index >= 15 is 0 Å². The molecule has 1 amide bonds. The van der Waals surface area contributed by atoms with Gasteiger partial charge < -0.3 is 10.2 Å². The van der Waals surface area contributed by atoms with E-state index in [1.165, 1.54) is 18.2 Å². The minimum absolute atomic E-state index is 0.181. The molecule has 0 saturated carbocycles. The van der Waals surface area contributed by atoms with E-state index in [-0.39, 0.29) is 10.8 Å². The first-order valence-electron chi connectivity index (χ1n) is 8.28. The second-order valence-corrected chi connectivity index (χ2v) is 8.15. The van der Waals surface area contributed by atoms with Crippen molar-refractivity contribution in [1.82, 2.24) is 4.72 Å². The molecule has 0 saturated heterocycles. The molecule has 0 bridgehead atoms. The van der Waals surface area contributed by atoms with Crippen molar-refractivity contribution in [3.63, 3.8) is 0 Å². The Balaban J connectivity index is 2.10. The number of carbonyl (C=O) groups is 1. The molecular formula is C19H22ClN3O3S. The number of halogens is 1. The van der Waals surface area contributed by atoms with Gasteiger partial charge in [-0.15, -0.1) is 0 Å². The second kappa shape index (κ2) is 9.03. The lowest BCUT2D eigenvalue weighted by atomic mass is 10.2. The van der Waals surface area contributed by atoms with Crippen LogP contribution >= 0.6 is 11.6 Å². The first-order valence-corrected chi connectivity index (χ1v) is 10.1. The molecule has 0 aromatic heterocycles. The van der Waals surface area contributed by atoms with E-state index in [1.54, 1.807) is 37.3 Å². The van der Waals surface area contributed by atoms with Gasteiger partial charge in [-0.05, 0) is 42.0 Å². The zero-order valence-electron chi connectivity index (χ0n) is 15.4. The maximum atomic E-state index is 12.2. The van der Waals surface area contributed by atoms with Gasteiger partial charge in [0, 0.05) is 31.7 Å². The lowest BCUT2D eigenvalue weighted by molar-refractivity contribution is -0.111. The van der Waals surface area contributed by atoms with Crippen LogP contribution in [0.1, 0.15) is 12.5 Å². The molecule has 0 aliphatic rings.